The fourth-order valence-corrected chi connectivity index (χ4v) is 4.93. The van der Waals surface area contributed by atoms with Crippen molar-refractivity contribution in [1.29, 1.82) is 0 Å². The number of para-hydroxylation sites is 1. The third-order valence-electron chi connectivity index (χ3n) is 6.69. The number of rotatable bonds is 5. The SMILES string of the molecule is COc1ccccc1C1(CNC(=O)N2C[C@@H]3CCC[C@@]3(C(=O)O)C2)CC1. The second-order valence-corrected chi connectivity index (χ2v) is 8.07. The number of nitrogens with one attached hydrogen (secondary N) is 1. The number of ether oxygens (including phenoxy) is 1. The summed E-state index contributed by atoms with van der Waals surface area (Å²) in [6.07, 6.45) is 4.58. The molecule has 2 amide bonds. The van der Waals surface area contributed by atoms with Gasteiger partial charge in [0.25, 0.3) is 0 Å². The molecule has 6 nitrogen and oxygen atoms in total. The number of carbonyl (C=O) groups is 2. The molecule has 1 saturated heterocycles. The smallest absolute Gasteiger partial charge is 0.317 e. The molecule has 1 aliphatic heterocycles. The van der Waals surface area contributed by atoms with Gasteiger partial charge in [-0.15, -0.1) is 0 Å². The van der Waals surface area contributed by atoms with Gasteiger partial charge in [-0.1, -0.05) is 24.6 Å². The van der Waals surface area contributed by atoms with Crippen LogP contribution in [0.5, 0.6) is 5.75 Å². The number of carboxylic acids is 1. The summed E-state index contributed by atoms with van der Waals surface area (Å²) in [4.78, 5) is 26.2. The molecule has 0 unspecified atom stereocenters. The van der Waals surface area contributed by atoms with E-state index in [1.54, 1.807) is 12.0 Å². The Bertz CT molecular complexity index is 730. The maximum atomic E-state index is 12.7. The molecule has 140 valence electrons. The molecule has 4 rings (SSSR count). The number of benzene rings is 1. The van der Waals surface area contributed by atoms with Gasteiger partial charge in [-0.2, -0.15) is 0 Å². The van der Waals surface area contributed by atoms with E-state index in [1.165, 1.54) is 0 Å². The predicted octanol–water partition coefficient (Wildman–Crippen LogP) is 2.62. The molecule has 1 aromatic rings. The predicted molar refractivity (Wildman–Crippen MR) is 96.3 cm³/mol. The maximum absolute atomic E-state index is 12.7. The van der Waals surface area contributed by atoms with Gasteiger partial charge in [0.1, 0.15) is 5.75 Å². The number of likely N-dealkylation sites (tertiary alicyclic amines) is 1. The van der Waals surface area contributed by atoms with E-state index in [0.717, 1.165) is 37.0 Å². The number of hydrogen-bond acceptors (Lipinski definition) is 3. The minimum Gasteiger partial charge on any atom is -0.496 e. The Hall–Kier alpha value is -2.24. The fraction of sp³-hybridized carbons (Fsp3) is 0.600. The quantitative estimate of drug-likeness (QED) is 0.848. The lowest BCUT2D eigenvalue weighted by atomic mass is 9.81. The molecule has 1 aromatic carbocycles. The highest BCUT2D eigenvalue weighted by molar-refractivity contribution is 5.80. The van der Waals surface area contributed by atoms with Crippen molar-refractivity contribution in [2.75, 3.05) is 26.7 Å². The van der Waals surface area contributed by atoms with Crippen LogP contribution in [0.1, 0.15) is 37.7 Å². The van der Waals surface area contributed by atoms with E-state index in [0.29, 0.717) is 26.1 Å². The number of carbonyl (C=O) groups excluding carboxylic acids is 1. The van der Waals surface area contributed by atoms with Crippen LogP contribution in [0.3, 0.4) is 0 Å². The molecule has 0 aromatic heterocycles. The lowest BCUT2D eigenvalue weighted by Crippen LogP contribution is -2.44. The van der Waals surface area contributed by atoms with Gasteiger partial charge in [-0.3, -0.25) is 4.79 Å². The molecule has 0 spiro atoms. The number of carboxylic acid groups (broad SMARTS) is 1. The summed E-state index contributed by atoms with van der Waals surface area (Å²) >= 11 is 0. The van der Waals surface area contributed by atoms with E-state index in [1.807, 2.05) is 18.2 Å². The van der Waals surface area contributed by atoms with Crippen LogP contribution in [0.4, 0.5) is 4.79 Å². The molecule has 0 bridgehead atoms. The van der Waals surface area contributed by atoms with Crippen molar-refractivity contribution in [3.63, 3.8) is 0 Å². The third-order valence-corrected chi connectivity index (χ3v) is 6.69. The lowest BCUT2D eigenvalue weighted by Gasteiger charge is -2.24. The number of amides is 2. The molecule has 3 fully saturated rings. The number of fused-ring (bicyclic) bond motifs is 1. The number of aliphatic carboxylic acids is 1. The molecular weight excluding hydrogens is 332 g/mol. The third kappa shape index (κ3) is 2.63. The lowest BCUT2D eigenvalue weighted by molar-refractivity contribution is -0.149. The average molecular weight is 358 g/mol. The first-order valence-corrected chi connectivity index (χ1v) is 9.40. The van der Waals surface area contributed by atoms with E-state index in [4.69, 9.17) is 4.74 Å². The summed E-state index contributed by atoms with van der Waals surface area (Å²) in [5.41, 5.74) is 0.364. The van der Waals surface area contributed by atoms with Gasteiger partial charge in [0.05, 0.1) is 12.5 Å². The summed E-state index contributed by atoms with van der Waals surface area (Å²) in [7, 11) is 1.67. The second-order valence-electron chi connectivity index (χ2n) is 8.07. The second kappa shape index (κ2) is 6.18. The van der Waals surface area contributed by atoms with Crippen molar-refractivity contribution < 1.29 is 19.4 Å². The van der Waals surface area contributed by atoms with E-state index < -0.39 is 11.4 Å². The van der Waals surface area contributed by atoms with E-state index >= 15 is 0 Å². The molecule has 1 heterocycles. The van der Waals surface area contributed by atoms with Crippen LogP contribution in [-0.4, -0.2) is 48.8 Å². The first-order chi connectivity index (χ1) is 12.5. The highest BCUT2D eigenvalue weighted by Gasteiger charge is 2.56. The Kier molecular flexibility index (Phi) is 4.09. The average Bonchev–Trinajstić information content (AvgIpc) is 3.16. The summed E-state index contributed by atoms with van der Waals surface area (Å²) in [6.45, 7) is 1.45. The van der Waals surface area contributed by atoms with Gasteiger partial charge >= 0.3 is 12.0 Å². The van der Waals surface area contributed by atoms with Crippen molar-refractivity contribution >= 4 is 12.0 Å². The minimum atomic E-state index is -0.747. The summed E-state index contributed by atoms with van der Waals surface area (Å²) in [5, 5.41) is 12.7. The molecule has 0 radical (unpaired) electrons. The standard InChI is InChI=1S/C20H26N2O4/c1-26-16-7-3-2-6-15(16)19(9-10-19)12-21-18(25)22-11-14-5-4-8-20(14,13-22)17(23)24/h2-3,6-7,14H,4-5,8-13H2,1H3,(H,21,25)(H,23,24)/t14-,20+/m0/s1. The molecule has 6 heteroatoms. The van der Waals surface area contributed by atoms with Crippen LogP contribution < -0.4 is 10.1 Å². The van der Waals surface area contributed by atoms with Crippen LogP contribution in [0, 0.1) is 11.3 Å². The highest BCUT2D eigenvalue weighted by Crippen LogP contribution is 2.51. The van der Waals surface area contributed by atoms with E-state index in [2.05, 4.69) is 11.4 Å². The summed E-state index contributed by atoms with van der Waals surface area (Å²) in [6, 6.07) is 7.83. The normalized spacial score (nSPS) is 28.5. The van der Waals surface area contributed by atoms with Crippen LogP contribution >= 0.6 is 0 Å². The molecule has 2 saturated carbocycles. The van der Waals surface area contributed by atoms with Gasteiger partial charge < -0.3 is 20.1 Å². The number of hydrogen-bond donors (Lipinski definition) is 2. The largest absolute Gasteiger partial charge is 0.496 e. The zero-order valence-corrected chi connectivity index (χ0v) is 15.2. The molecule has 2 atom stereocenters. The Morgan fingerprint density at radius 2 is 2.08 bits per heavy atom. The van der Waals surface area contributed by atoms with Gasteiger partial charge in [0.15, 0.2) is 0 Å². The Labute approximate surface area is 153 Å². The van der Waals surface area contributed by atoms with Crippen molar-refractivity contribution in [2.24, 2.45) is 11.3 Å². The van der Waals surface area contributed by atoms with Crippen LogP contribution in [-0.2, 0) is 10.2 Å². The van der Waals surface area contributed by atoms with Crippen LogP contribution in [0.25, 0.3) is 0 Å². The van der Waals surface area contributed by atoms with Crippen LogP contribution in [0.2, 0.25) is 0 Å². The number of urea groups is 1. The van der Waals surface area contributed by atoms with Crippen LogP contribution in [0.15, 0.2) is 24.3 Å². The Morgan fingerprint density at radius 1 is 1.31 bits per heavy atom. The molecule has 2 N–H and O–H groups in total. The molecule has 2 aliphatic carbocycles. The zero-order chi connectivity index (χ0) is 18.4. The molecular formula is C20H26N2O4. The molecule has 26 heavy (non-hydrogen) atoms. The van der Waals surface area contributed by atoms with Crippen molar-refractivity contribution in [1.82, 2.24) is 10.2 Å². The minimum absolute atomic E-state index is 0.0532. The summed E-state index contributed by atoms with van der Waals surface area (Å²) in [5.74, 6) is 0.206. The first kappa shape index (κ1) is 17.2. The maximum Gasteiger partial charge on any atom is 0.317 e. The summed E-state index contributed by atoms with van der Waals surface area (Å²) < 4.78 is 5.48. The first-order valence-electron chi connectivity index (χ1n) is 9.40. The Morgan fingerprint density at radius 3 is 2.73 bits per heavy atom. The topological polar surface area (TPSA) is 78.9 Å². The van der Waals surface area contributed by atoms with Gasteiger partial charge in [0, 0.05) is 30.6 Å². The van der Waals surface area contributed by atoms with Gasteiger partial charge in [-0.05, 0) is 37.7 Å². The fourth-order valence-electron chi connectivity index (χ4n) is 4.93. The van der Waals surface area contributed by atoms with E-state index in [-0.39, 0.29) is 17.4 Å². The van der Waals surface area contributed by atoms with Crippen molar-refractivity contribution in [3.05, 3.63) is 29.8 Å². The Balaban J connectivity index is 1.41. The van der Waals surface area contributed by atoms with Gasteiger partial charge in [-0.25, -0.2) is 4.79 Å². The molecule has 3 aliphatic rings. The van der Waals surface area contributed by atoms with E-state index in [9.17, 15) is 14.7 Å². The highest BCUT2D eigenvalue weighted by atomic mass is 16.5. The number of methoxy groups -OCH3 is 1. The van der Waals surface area contributed by atoms with Crippen molar-refractivity contribution in [3.8, 4) is 5.75 Å². The van der Waals surface area contributed by atoms with Crippen molar-refractivity contribution in [2.45, 2.75) is 37.5 Å². The monoisotopic (exact) mass is 358 g/mol. The van der Waals surface area contributed by atoms with Gasteiger partial charge in [0.2, 0.25) is 0 Å². The number of nitrogens with zero attached hydrogens (tertiary/aromatic N) is 1. The zero-order valence-electron chi connectivity index (χ0n) is 15.2.